The summed E-state index contributed by atoms with van der Waals surface area (Å²) in [5, 5.41) is 32.3. The summed E-state index contributed by atoms with van der Waals surface area (Å²) in [6.45, 7) is 12.9. The third-order valence-corrected chi connectivity index (χ3v) is 4.24. The SMILES string of the molecule is CC(=O)O.CCCCC1C(=O)NN(c2ccccc2)C1=O.CCOCC.CCOCCOCCO.OCCO. The van der Waals surface area contributed by atoms with Crippen molar-refractivity contribution in [2.24, 2.45) is 5.92 Å². The van der Waals surface area contributed by atoms with Crippen LogP contribution in [0.4, 0.5) is 5.69 Å². The van der Waals surface area contributed by atoms with Crippen LogP contribution in [0, 0.1) is 5.92 Å². The number of benzene rings is 1. The standard InChI is InChI=1S/C13H16N2O2.C6H14O3.C4H10O.C2H4O2.C2H6O2/c1-2-3-9-11-12(16)14-15(13(11)17)10-7-5-4-6-8-10;1-2-8-5-6-9-4-3-7;1-3-5-4-2;1-2(3)4;3-1-2-4/h4-8,11H,2-3,9H2,1H3,(H,14,16);7H,2-6H2,1H3;3-4H2,1-2H3;1H3,(H,3,4);3-4H,1-2H2. The summed E-state index contributed by atoms with van der Waals surface area (Å²) in [4.78, 5) is 32.8. The number of nitrogens with one attached hydrogen (secondary N) is 1. The first kappa shape index (κ1) is 40.9. The normalized spacial score (nSPS) is 13.3. The number of hydrogen-bond acceptors (Lipinski definition) is 9. The van der Waals surface area contributed by atoms with Crippen molar-refractivity contribution < 1.29 is 49.0 Å². The smallest absolute Gasteiger partial charge is 0.300 e. The maximum atomic E-state index is 12.1. The number of para-hydroxylation sites is 1. The third kappa shape index (κ3) is 26.8. The summed E-state index contributed by atoms with van der Waals surface area (Å²) in [5.74, 6) is -1.68. The Bertz CT molecular complexity index is 678. The summed E-state index contributed by atoms with van der Waals surface area (Å²) in [7, 11) is 0. The average molecular weight is 563 g/mol. The zero-order valence-electron chi connectivity index (χ0n) is 24.1. The molecule has 0 bridgehead atoms. The van der Waals surface area contributed by atoms with E-state index in [0.717, 1.165) is 39.6 Å². The van der Waals surface area contributed by atoms with Crippen molar-refractivity contribution >= 4 is 23.5 Å². The number of rotatable bonds is 13. The molecule has 228 valence electrons. The van der Waals surface area contributed by atoms with Crippen LogP contribution in [0.1, 0.15) is 53.9 Å². The third-order valence-electron chi connectivity index (χ3n) is 4.24. The van der Waals surface area contributed by atoms with Crippen molar-refractivity contribution in [1.82, 2.24) is 5.43 Å². The minimum atomic E-state index is -0.833. The molecule has 1 saturated heterocycles. The summed E-state index contributed by atoms with van der Waals surface area (Å²) < 4.78 is 14.7. The molecular weight excluding hydrogens is 512 g/mol. The molecular formula is C27H50N2O10. The van der Waals surface area contributed by atoms with Crippen molar-refractivity contribution in [1.29, 1.82) is 0 Å². The van der Waals surface area contributed by atoms with Gasteiger partial charge in [0, 0.05) is 26.7 Å². The van der Waals surface area contributed by atoms with E-state index in [0.29, 0.717) is 31.9 Å². The van der Waals surface area contributed by atoms with E-state index >= 15 is 0 Å². The van der Waals surface area contributed by atoms with Crippen LogP contribution in [0.2, 0.25) is 0 Å². The lowest BCUT2D eigenvalue weighted by molar-refractivity contribution is -0.134. The Morgan fingerprint density at radius 1 is 0.846 bits per heavy atom. The molecule has 1 aliphatic rings. The largest absolute Gasteiger partial charge is 0.481 e. The van der Waals surface area contributed by atoms with Crippen molar-refractivity contribution in [3.63, 3.8) is 0 Å². The molecule has 0 aliphatic carbocycles. The molecule has 0 spiro atoms. The summed E-state index contributed by atoms with van der Waals surface area (Å²) in [6, 6.07) is 9.17. The quantitative estimate of drug-likeness (QED) is 0.177. The number of unbranched alkanes of at least 4 members (excludes halogenated alkanes) is 1. The molecule has 5 N–H and O–H groups in total. The number of nitrogens with zero attached hydrogens (tertiary/aromatic N) is 1. The predicted octanol–water partition coefficient (Wildman–Crippen LogP) is 2.01. The van der Waals surface area contributed by atoms with Gasteiger partial charge in [-0.25, -0.2) is 5.01 Å². The van der Waals surface area contributed by atoms with E-state index < -0.39 is 11.9 Å². The maximum Gasteiger partial charge on any atom is 0.300 e. The first-order chi connectivity index (χ1) is 18.7. The molecule has 39 heavy (non-hydrogen) atoms. The van der Waals surface area contributed by atoms with Gasteiger partial charge in [0.25, 0.3) is 17.8 Å². The van der Waals surface area contributed by atoms with Crippen molar-refractivity contribution in [2.45, 2.75) is 53.9 Å². The molecule has 1 fully saturated rings. The number of carbonyl (C=O) groups is 3. The van der Waals surface area contributed by atoms with Crippen LogP contribution < -0.4 is 10.4 Å². The first-order valence-corrected chi connectivity index (χ1v) is 13.2. The number of hydrogen-bond donors (Lipinski definition) is 5. The summed E-state index contributed by atoms with van der Waals surface area (Å²) in [5.41, 5.74) is 3.34. The van der Waals surface area contributed by atoms with Crippen molar-refractivity contribution in [3.8, 4) is 0 Å². The highest BCUT2D eigenvalue weighted by atomic mass is 16.5. The molecule has 0 saturated carbocycles. The van der Waals surface area contributed by atoms with Gasteiger partial charge in [0.2, 0.25) is 0 Å². The van der Waals surface area contributed by atoms with E-state index in [4.69, 9.17) is 39.4 Å². The van der Waals surface area contributed by atoms with Gasteiger partial charge >= 0.3 is 0 Å². The van der Waals surface area contributed by atoms with Crippen LogP contribution in [0.5, 0.6) is 0 Å². The van der Waals surface area contributed by atoms with Crippen LogP contribution in [0.15, 0.2) is 30.3 Å². The van der Waals surface area contributed by atoms with Crippen LogP contribution in [-0.4, -0.2) is 97.7 Å². The maximum absolute atomic E-state index is 12.1. The zero-order chi connectivity index (χ0) is 30.3. The Labute approximate surface area is 232 Å². The lowest BCUT2D eigenvalue weighted by atomic mass is 10.0. The van der Waals surface area contributed by atoms with E-state index in [9.17, 15) is 9.59 Å². The van der Waals surface area contributed by atoms with Crippen molar-refractivity contribution in [2.75, 3.05) is 64.5 Å². The lowest BCUT2D eigenvalue weighted by Crippen LogP contribution is -2.35. The molecule has 12 heteroatoms. The van der Waals surface area contributed by atoms with Gasteiger partial charge in [-0.1, -0.05) is 38.0 Å². The molecule has 2 rings (SSSR count). The van der Waals surface area contributed by atoms with E-state index in [2.05, 4.69) is 5.43 Å². The number of amides is 2. The number of carbonyl (C=O) groups excluding carboxylic acids is 2. The van der Waals surface area contributed by atoms with Crippen LogP contribution in [0.25, 0.3) is 0 Å². The highest BCUT2D eigenvalue weighted by molar-refractivity contribution is 6.14. The van der Waals surface area contributed by atoms with Crippen LogP contribution in [0.3, 0.4) is 0 Å². The molecule has 0 aromatic heterocycles. The molecule has 1 aliphatic heterocycles. The minimum absolute atomic E-state index is 0.0894. The van der Waals surface area contributed by atoms with Gasteiger partial charge in [-0.05, 0) is 39.3 Å². The van der Waals surface area contributed by atoms with Crippen LogP contribution >= 0.6 is 0 Å². The van der Waals surface area contributed by atoms with Crippen LogP contribution in [-0.2, 0) is 28.6 Å². The Hall–Kier alpha value is -2.61. The molecule has 1 unspecified atom stereocenters. The lowest BCUT2D eigenvalue weighted by Gasteiger charge is -2.14. The molecule has 1 atom stereocenters. The molecule has 0 radical (unpaired) electrons. The zero-order valence-corrected chi connectivity index (χ0v) is 24.1. The second kappa shape index (κ2) is 31.6. The monoisotopic (exact) mass is 562 g/mol. The summed E-state index contributed by atoms with van der Waals surface area (Å²) >= 11 is 0. The fraction of sp³-hybridized carbons (Fsp3) is 0.667. The highest BCUT2D eigenvalue weighted by Gasteiger charge is 2.39. The Morgan fingerprint density at radius 3 is 1.77 bits per heavy atom. The van der Waals surface area contributed by atoms with E-state index in [-0.39, 0.29) is 31.6 Å². The number of carboxylic acid groups (broad SMARTS) is 1. The topological polar surface area (TPSA) is 175 Å². The molecule has 1 heterocycles. The highest BCUT2D eigenvalue weighted by Crippen LogP contribution is 2.22. The van der Waals surface area contributed by atoms with Gasteiger partial charge < -0.3 is 34.6 Å². The number of aliphatic carboxylic acids is 1. The van der Waals surface area contributed by atoms with E-state index in [1.165, 1.54) is 5.01 Å². The fourth-order valence-electron chi connectivity index (χ4n) is 2.58. The molecule has 1 aromatic rings. The predicted molar refractivity (Wildman–Crippen MR) is 149 cm³/mol. The van der Waals surface area contributed by atoms with Gasteiger partial charge in [-0.3, -0.25) is 19.8 Å². The second-order valence-corrected chi connectivity index (χ2v) is 7.46. The van der Waals surface area contributed by atoms with E-state index in [1.54, 1.807) is 12.1 Å². The first-order valence-electron chi connectivity index (χ1n) is 13.2. The number of aliphatic hydroxyl groups excluding tert-OH is 3. The van der Waals surface area contributed by atoms with Gasteiger partial charge in [0.1, 0.15) is 5.92 Å². The van der Waals surface area contributed by atoms with Gasteiger partial charge in [-0.15, -0.1) is 0 Å². The molecule has 1 aromatic carbocycles. The second-order valence-electron chi connectivity index (χ2n) is 7.46. The number of hydrazine groups is 1. The van der Waals surface area contributed by atoms with Gasteiger partial charge in [-0.2, -0.15) is 0 Å². The Balaban J connectivity index is -0.000000495. The molecule has 2 amide bonds. The van der Waals surface area contributed by atoms with Gasteiger partial charge in [0.05, 0.1) is 45.3 Å². The fourth-order valence-corrected chi connectivity index (χ4v) is 2.58. The Kier molecular flexibility index (Phi) is 33.1. The number of ether oxygens (including phenoxy) is 3. The van der Waals surface area contributed by atoms with Crippen molar-refractivity contribution in [3.05, 3.63) is 30.3 Å². The minimum Gasteiger partial charge on any atom is -0.481 e. The number of aliphatic hydroxyl groups is 3. The number of anilines is 1. The van der Waals surface area contributed by atoms with Gasteiger partial charge in [0.15, 0.2) is 0 Å². The van der Waals surface area contributed by atoms with E-state index in [1.807, 2.05) is 45.9 Å². The Morgan fingerprint density at radius 2 is 1.36 bits per heavy atom. The summed E-state index contributed by atoms with van der Waals surface area (Å²) in [6.07, 6.45) is 2.51. The molecule has 12 nitrogen and oxygen atoms in total. The number of carboxylic acids is 1. The average Bonchev–Trinajstić information content (AvgIpc) is 3.21.